The molecule has 0 amide bonds. The third-order valence-corrected chi connectivity index (χ3v) is 5.61. The molecule has 0 aromatic carbocycles. The molecule has 3 nitrogen and oxygen atoms in total. The Morgan fingerprint density at radius 2 is 1.87 bits per heavy atom. The van der Waals surface area contributed by atoms with Gasteiger partial charge in [-0.1, -0.05) is 64.5 Å². The van der Waals surface area contributed by atoms with Crippen molar-refractivity contribution < 1.29 is 14.6 Å². The first-order valence-electron chi connectivity index (χ1n) is 9.61. The lowest BCUT2D eigenvalue weighted by Crippen LogP contribution is -2.52. The van der Waals surface area contributed by atoms with Crippen LogP contribution in [0.15, 0.2) is 12.2 Å². The summed E-state index contributed by atoms with van der Waals surface area (Å²) in [5.74, 6) is 0.559. The predicted molar refractivity (Wildman–Crippen MR) is 93.0 cm³/mol. The van der Waals surface area contributed by atoms with E-state index in [0.29, 0.717) is 12.2 Å². The number of ketones is 1. The Hall–Kier alpha value is -0.670. The van der Waals surface area contributed by atoms with E-state index in [1.807, 2.05) is 6.92 Å². The molecule has 1 saturated heterocycles. The average molecular weight is 322 g/mol. The second-order valence-electron chi connectivity index (χ2n) is 7.61. The van der Waals surface area contributed by atoms with Gasteiger partial charge in [0.25, 0.3) is 0 Å². The number of rotatable bonds is 9. The number of Topliss-reactive ketones (excluding diaryl/α,β-unsaturated/α-hetero) is 1. The van der Waals surface area contributed by atoms with E-state index in [4.69, 9.17) is 9.78 Å². The molecule has 2 aliphatic rings. The van der Waals surface area contributed by atoms with Gasteiger partial charge in [-0.25, -0.2) is 9.78 Å². The molecule has 132 valence electrons. The highest BCUT2D eigenvalue weighted by atomic mass is 17.2. The highest BCUT2D eigenvalue weighted by molar-refractivity contribution is 5.82. The summed E-state index contributed by atoms with van der Waals surface area (Å²) in [6, 6.07) is 0. The lowest BCUT2D eigenvalue weighted by Gasteiger charge is -2.45. The molecule has 1 aliphatic carbocycles. The lowest BCUT2D eigenvalue weighted by molar-refractivity contribution is -0.415. The quantitative estimate of drug-likeness (QED) is 0.324. The Labute approximate surface area is 141 Å². The molecule has 2 rings (SSSR count). The van der Waals surface area contributed by atoms with Crippen molar-refractivity contribution in [1.82, 2.24) is 0 Å². The Morgan fingerprint density at radius 3 is 2.61 bits per heavy atom. The maximum atomic E-state index is 12.1. The van der Waals surface area contributed by atoms with Gasteiger partial charge < -0.3 is 0 Å². The van der Waals surface area contributed by atoms with E-state index in [9.17, 15) is 4.79 Å². The monoisotopic (exact) mass is 322 g/mol. The normalized spacial score (nSPS) is 34.2. The van der Waals surface area contributed by atoms with Gasteiger partial charge in [-0.2, -0.15) is 0 Å². The minimum absolute atomic E-state index is 0.0208. The van der Waals surface area contributed by atoms with Crippen molar-refractivity contribution in [2.45, 2.75) is 96.7 Å². The zero-order valence-corrected chi connectivity index (χ0v) is 15.2. The van der Waals surface area contributed by atoms with Crippen LogP contribution in [0.2, 0.25) is 0 Å². The highest BCUT2D eigenvalue weighted by Crippen LogP contribution is 2.42. The predicted octanol–water partition coefficient (Wildman–Crippen LogP) is 5.39. The van der Waals surface area contributed by atoms with E-state index in [1.165, 1.54) is 44.9 Å². The zero-order chi connectivity index (χ0) is 16.7. The van der Waals surface area contributed by atoms with Crippen LogP contribution in [0, 0.1) is 11.8 Å². The Bertz CT molecular complexity index is 404. The minimum atomic E-state index is -0.437. The summed E-state index contributed by atoms with van der Waals surface area (Å²) in [4.78, 5) is 23.3. The molecule has 3 heteroatoms. The second-order valence-corrected chi connectivity index (χ2v) is 7.61. The van der Waals surface area contributed by atoms with Crippen molar-refractivity contribution in [3.05, 3.63) is 12.2 Å². The first kappa shape index (κ1) is 18.7. The molecule has 23 heavy (non-hydrogen) atoms. The summed E-state index contributed by atoms with van der Waals surface area (Å²) < 4.78 is 0. The molecule has 1 aliphatic heterocycles. The molecule has 0 spiro atoms. The van der Waals surface area contributed by atoms with Gasteiger partial charge in [-0.3, -0.25) is 4.79 Å². The van der Waals surface area contributed by atoms with Crippen LogP contribution in [-0.2, 0) is 14.6 Å². The SMILES string of the molecule is CCCCCCCCC/C=C/[C@]1(C)OO[C@H]2C[C@@H]1CC(=O)[C@H]2C. The second kappa shape index (κ2) is 8.98. The molecule has 2 bridgehead atoms. The van der Waals surface area contributed by atoms with Gasteiger partial charge in [-0.05, 0) is 26.2 Å². The van der Waals surface area contributed by atoms with E-state index < -0.39 is 5.60 Å². The topological polar surface area (TPSA) is 35.5 Å². The summed E-state index contributed by atoms with van der Waals surface area (Å²) in [6.45, 7) is 6.26. The molecule has 4 atom stereocenters. The highest BCUT2D eigenvalue weighted by Gasteiger charge is 2.48. The van der Waals surface area contributed by atoms with Gasteiger partial charge in [0.2, 0.25) is 0 Å². The maximum Gasteiger partial charge on any atom is 0.138 e. The fourth-order valence-corrected chi connectivity index (χ4v) is 3.70. The molecule has 0 aromatic rings. The standard InChI is InChI=1S/C20H34O3/c1-4-5-6-7-8-9-10-11-12-13-20(3)17-14-18(21)16(2)19(15-17)22-23-20/h12-13,16-17,19H,4-11,14-15H2,1-3H3/b13-12+/t16-,17+,19+,20+/m1/s1. The summed E-state index contributed by atoms with van der Waals surface area (Å²) in [7, 11) is 0. The number of hydrogen-bond acceptors (Lipinski definition) is 3. The lowest BCUT2D eigenvalue weighted by atomic mass is 9.71. The fourth-order valence-electron chi connectivity index (χ4n) is 3.70. The molecule has 0 radical (unpaired) electrons. The maximum absolute atomic E-state index is 12.1. The van der Waals surface area contributed by atoms with Crippen LogP contribution in [0.4, 0.5) is 0 Å². The summed E-state index contributed by atoms with van der Waals surface area (Å²) in [5.41, 5.74) is -0.437. The van der Waals surface area contributed by atoms with Crippen molar-refractivity contribution in [2.24, 2.45) is 11.8 Å². The third-order valence-electron chi connectivity index (χ3n) is 5.61. The van der Waals surface area contributed by atoms with Crippen LogP contribution in [0.1, 0.15) is 85.0 Å². The Kier molecular flexibility index (Phi) is 7.29. The number of fused-ring (bicyclic) bond motifs is 2. The van der Waals surface area contributed by atoms with Gasteiger partial charge in [0, 0.05) is 18.3 Å². The Balaban J connectivity index is 1.69. The molecule has 1 heterocycles. The number of carbonyl (C=O) groups excluding carboxylic acids is 1. The van der Waals surface area contributed by atoms with E-state index in [-0.39, 0.29) is 17.9 Å². The van der Waals surface area contributed by atoms with Crippen LogP contribution in [0.25, 0.3) is 0 Å². The number of hydrogen-bond donors (Lipinski definition) is 0. The molecule has 0 unspecified atom stereocenters. The third kappa shape index (κ3) is 5.15. The average Bonchev–Trinajstić information content (AvgIpc) is 2.54. The van der Waals surface area contributed by atoms with Crippen molar-refractivity contribution in [3.63, 3.8) is 0 Å². The minimum Gasteiger partial charge on any atom is -0.299 e. The van der Waals surface area contributed by atoms with Crippen molar-refractivity contribution in [2.75, 3.05) is 0 Å². The van der Waals surface area contributed by atoms with Crippen LogP contribution in [0.5, 0.6) is 0 Å². The van der Waals surface area contributed by atoms with Crippen molar-refractivity contribution in [3.8, 4) is 0 Å². The number of carbonyl (C=O) groups is 1. The molecule has 0 aromatic heterocycles. The molecular formula is C20H34O3. The fraction of sp³-hybridized carbons (Fsp3) is 0.850. The van der Waals surface area contributed by atoms with E-state index in [2.05, 4.69) is 26.0 Å². The van der Waals surface area contributed by atoms with Gasteiger partial charge in [0.05, 0.1) is 0 Å². The molecule has 0 N–H and O–H groups in total. The molecule has 1 saturated carbocycles. The van der Waals surface area contributed by atoms with E-state index in [1.54, 1.807) is 0 Å². The number of unbranched alkanes of at least 4 members (excludes halogenated alkanes) is 7. The van der Waals surface area contributed by atoms with Crippen LogP contribution < -0.4 is 0 Å². The molecular weight excluding hydrogens is 288 g/mol. The summed E-state index contributed by atoms with van der Waals surface area (Å²) in [5, 5.41) is 0. The molecule has 2 fully saturated rings. The van der Waals surface area contributed by atoms with Gasteiger partial charge in [0.1, 0.15) is 17.5 Å². The summed E-state index contributed by atoms with van der Waals surface area (Å²) >= 11 is 0. The van der Waals surface area contributed by atoms with Crippen molar-refractivity contribution in [1.29, 1.82) is 0 Å². The van der Waals surface area contributed by atoms with E-state index in [0.717, 1.165) is 12.8 Å². The van der Waals surface area contributed by atoms with Crippen molar-refractivity contribution >= 4 is 5.78 Å². The van der Waals surface area contributed by atoms with E-state index >= 15 is 0 Å². The summed E-state index contributed by atoms with van der Waals surface area (Å²) in [6.07, 6.45) is 16.3. The largest absolute Gasteiger partial charge is 0.299 e. The first-order valence-corrected chi connectivity index (χ1v) is 9.61. The zero-order valence-electron chi connectivity index (χ0n) is 15.2. The Morgan fingerprint density at radius 1 is 1.17 bits per heavy atom. The van der Waals surface area contributed by atoms with Crippen LogP contribution in [-0.4, -0.2) is 17.5 Å². The van der Waals surface area contributed by atoms with Gasteiger partial charge in [0.15, 0.2) is 0 Å². The first-order chi connectivity index (χ1) is 11.1. The van der Waals surface area contributed by atoms with Gasteiger partial charge in [-0.15, -0.1) is 0 Å². The van der Waals surface area contributed by atoms with Crippen LogP contribution in [0.3, 0.4) is 0 Å². The van der Waals surface area contributed by atoms with Gasteiger partial charge >= 0.3 is 0 Å². The van der Waals surface area contributed by atoms with Crippen LogP contribution >= 0.6 is 0 Å². The number of allylic oxidation sites excluding steroid dienone is 1. The smallest absolute Gasteiger partial charge is 0.138 e.